The van der Waals surface area contributed by atoms with Crippen LogP contribution in [0.5, 0.6) is 5.75 Å². The van der Waals surface area contributed by atoms with Gasteiger partial charge in [-0.3, -0.25) is 9.36 Å². The molecule has 33 heavy (non-hydrogen) atoms. The highest BCUT2D eigenvalue weighted by Crippen LogP contribution is 2.32. The molecule has 0 bridgehead atoms. The summed E-state index contributed by atoms with van der Waals surface area (Å²) in [6, 6.07) is 4.59. The molecular weight excluding hydrogens is 430 g/mol. The molecule has 1 amide bonds. The number of ether oxygens (including phenoxy) is 1. The number of nitrogens with two attached hydrogens (primary N) is 1. The summed E-state index contributed by atoms with van der Waals surface area (Å²) in [5, 5.41) is 32.9. The van der Waals surface area contributed by atoms with Gasteiger partial charge in [0.05, 0.1) is 25.0 Å². The number of carbonyl (C=O) groups is 1. The van der Waals surface area contributed by atoms with Crippen LogP contribution >= 0.6 is 0 Å². The Kier molecular flexibility index (Phi) is 6.42. The second-order valence-electron chi connectivity index (χ2n) is 8.17. The van der Waals surface area contributed by atoms with Gasteiger partial charge in [-0.25, -0.2) is 15.0 Å². The zero-order valence-corrected chi connectivity index (χ0v) is 18.2. The fourth-order valence-corrected chi connectivity index (χ4v) is 3.91. The van der Waals surface area contributed by atoms with Gasteiger partial charge in [0, 0.05) is 14.1 Å². The maximum atomic E-state index is 12.7. The van der Waals surface area contributed by atoms with E-state index in [4.69, 9.17) is 10.5 Å². The maximum Gasteiger partial charge on any atom is 0.237 e. The number of nitrogens with one attached hydrogen (secondary N) is 1. The highest BCUT2D eigenvalue weighted by atomic mass is 16.5. The lowest BCUT2D eigenvalue weighted by Crippen LogP contribution is -2.53. The van der Waals surface area contributed by atoms with E-state index >= 15 is 0 Å². The van der Waals surface area contributed by atoms with Crippen LogP contribution in [0.25, 0.3) is 11.2 Å². The lowest BCUT2D eigenvalue weighted by molar-refractivity contribution is -0.124. The number of aliphatic hydroxyl groups is 2. The minimum atomic E-state index is -1.19. The molecule has 0 aliphatic carbocycles. The average molecular weight is 457 g/mol. The van der Waals surface area contributed by atoms with Gasteiger partial charge >= 0.3 is 0 Å². The van der Waals surface area contributed by atoms with Gasteiger partial charge < -0.3 is 36.0 Å². The second-order valence-corrected chi connectivity index (χ2v) is 8.17. The molecule has 3 aromatic rings. The van der Waals surface area contributed by atoms with Gasteiger partial charge in [-0.15, -0.1) is 0 Å². The summed E-state index contributed by atoms with van der Waals surface area (Å²) in [5.74, 6) is 0.229. The normalized spacial score (nSPS) is 23.5. The summed E-state index contributed by atoms with van der Waals surface area (Å²) in [4.78, 5) is 27.4. The van der Waals surface area contributed by atoms with Crippen molar-refractivity contribution < 1.29 is 24.9 Å². The first-order valence-electron chi connectivity index (χ1n) is 10.4. The van der Waals surface area contributed by atoms with E-state index in [9.17, 15) is 20.1 Å². The molecule has 1 aliphatic heterocycles. The molecule has 1 aromatic carbocycles. The molecular formula is C21H27N7O5. The van der Waals surface area contributed by atoms with Crippen LogP contribution in [0.15, 0.2) is 36.9 Å². The van der Waals surface area contributed by atoms with Crippen LogP contribution in [0.4, 0.5) is 5.82 Å². The average Bonchev–Trinajstić information content (AvgIpc) is 3.36. The zero-order chi connectivity index (χ0) is 23.7. The maximum absolute atomic E-state index is 12.7. The van der Waals surface area contributed by atoms with Gasteiger partial charge in [-0.2, -0.15) is 0 Å². The number of hydrogen-bond acceptors (Lipinski definition) is 10. The van der Waals surface area contributed by atoms with Crippen LogP contribution in [0.1, 0.15) is 11.8 Å². The number of rotatable bonds is 7. The number of aromatic hydroxyl groups is 1. The smallest absolute Gasteiger partial charge is 0.237 e. The van der Waals surface area contributed by atoms with Gasteiger partial charge in [0.2, 0.25) is 5.91 Å². The Morgan fingerprint density at radius 3 is 2.67 bits per heavy atom. The van der Waals surface area contributed by atoms with Crippen molar-refractivity contribution in [1.29, 1.82) is 0 Å². The molecule has 1 fully saturated rings. The third kappa shape index (κ3) is 4.46. The molecule has 0 radical (unpaired) electrons. The topological polar surface area (TPSA) is 172 Å². The Balaban J connectivity index is 1.51. The molecule has 1 saturated heterocycles. The second kappa shape index (κ2) is 9.27. The van der Waals surface area contributed by atoms with Crippen LogP contribution in [0.3, 0.4) is 0 Å². The number of anilines is 1. The number of hydrogen-bond donors (Lipinski definition) is 5. The SMILES string of the molecule is CN(C)c1ncnc2c1ncn2[C@H]1O[C@@H](CO)[C@H](NC(=O)C(N)Cc2ccc(O)cc2)[C@@H]1O. The molecule has 1 aliphatic rings. The van der Waals surface area contributed by atoms with Gasteiger partial charge in [0.15, 0.2) is 23.2 Å². The van der Waals surface area contributed by atoms with E-state index in [2.05, 4.69) is 20.3 Å². The predicted octanol–water partition coefficient (Wildman–Crippen LogP) is -1.10. The van der Waals surface area contributed by atoms with E-state index in [1.807, 2.05) is 14.1 Å². The molecule has 3 heterocycles. The van der Waals surface area contributed by atoms with Crippen molar-refractivity contribution >= 4 is 22.9 Å². The van der Waals surface area contributed by atoms with Crippen molar-refractivity contribution in [2.75, 3.05) is 25.6 Å². The Morgan fingerprint density at radius 1 is 1.27 bits per heavy atom. The molecule has 176 valence electrons. The Bertz CT molecular complexity index is 1120. The van der Waals surface area contributed by atoms with Gasteiger partial charge in [0.25, 0.3) is 0 Å². The third-order valence-corrected chi connectivity index (χ3v) is 5.63. The van der Waals surface area contributed by atoms with Crippen molar-refractivity contribution in [3.05, 3.63) is 42.5 Å². The number of fused-ring (bicyclic) bond motifs is 1. The van der Waals surface area contributed by atoms with Gasteiger partial charge in [0.1, 0.15) is 24.3 Å². The minimum Gasteiger partial charge on any atom is -0.508 e. The van der Waals surface area contributed by atoms with E-state index in [0.29, 0.717) is 17.0 Å². The quantitative estimate of drug-likeness (QED) is 0.293. The van der Waals surface area contributed by atoms with E-state index in [-0.39, 0.29) is 12.2 Å². The fourth-order valence-electron chi connectivity index (χ4n) is 3.91. The van der Waals surface area contributed by atoms with Crippen molar-refractivity contribution in [3.8, 4) is 5.75 Å². The highest BCUT2D eigenvalue weighted by Gasteiger charge is 2.46. The molecule has 2 aromatic heterocycles. The van der Waals surface area contributed by atoms with Crippen LogP contribution in [0.2, 0.25) is 0 Å². The molecule has 6 N–H and O–H groups in total. The van der Waals surface area contributed by atoms with Crippen LogP contribution < -0.4 is 16.0 Å². The summed E-state index contributed by atoms with van der Waals surface area (Å²) < 4.78 is 7.42. The molecule has 5 atom stereocenters. The Morgan fingerprint density at radius 2 is 2.00 bits per heavy atom. The highest BCUT2D eigenvalue weighted by molar-refractivity contribution is 5.83. The van der Waals surface area contributed by atoms with E-state index in [1.165, 1.54) is 24.8 Å². The largest absolute Gasteiger partial charge is 0.508 e. The number of phenolic OH excluding ortho intramolecular Hbond substituents is 1. The first-order chi connectivity index (χ1) is 15.8. The molecule has 1 unspecified atom stereocenters. The monoisotopic (exact) mass is 457 g/mol. The number of benzene rings is 1. The lowest BCUT2D eigenvalue weighted by atomic mass is 10.0. The van der Waals surface area contributed by atoms with Crippen molar-refractivity contribution in [2.45, 2.75) is 36.9 Å². The first-order valence-corrected chi connectivity index (χ1v) is 10.4. The summed E-state index contributed by atoms with van der Waals surface area (Å²) >= 11 is 0. The number of aromatic nitrogens is 4. The number of amides is 1. The fraction of sp³-hybridized carbons (Fsp3) is 0.429. The van der Waals surface area contributed by atoms with E-state index in [1.54, 1.807) is 21.6 Å². The van der Waals surface area contributed by atoms with E-state index in [0.717, 1.165) is 5.56 Å². The van der Waals surface area contributed by atoms with E-state index < -0.39 is 43.0 Å². The summed E-state index contributed by atoms with van der Waals surface area (Å²) in [5.41, 5.74) is 7.80. The molecule has 0 spiro atoms. The predicted molar refractivity (Wildman–Crippen MR) is 118 cm³/mol. The summed E-state index contributed by atoms with van der Waals surface area (Å²) in [6.45, 7) is -0.420. The zero-order valence-electron chi connectivity index (χ0n) is 18.2. The van der Waals surface area contributed by atoms with Crippen LogP contribution in [-0.4, -0.2) is 85.7 Å². The molecule has 4 rings (SSSR count). The number of imidazole rings is 1. The van der Waals surface area contributed by atoms with Crippen LogP contribution in [0, 0.1) is 0 Å². The number of aliphatic hydroxyl groups excluding tert-OH is 2. The lowest BCUT2D eigenvalue weighted by Gasteiger charge is -2.23. The first kappa shape index (κ1) is 22.9. The summed E-state index contributed by atoms with van der Waals surface area (Å²) in [6.07, 6.45) is 0.122. The number of carbonyl (C=O) groups excluding carboxylic acids is 1. The number of phenols is 1. The minimum absolute atomic E-state index is 0.120. The van der Waals surface area contributed by atoms with Crippen molar-refractivity contribution in [3.63, 3.8) is 0 Å². The molecule has 0 saturated carbocycles. The Hall–Kier alpha value is -3.32. The standard InChI is InChI=1S/C21H27N7O5/c1-27(2)18-16-19(24-9-23-18)28(10-25-16)21-17(31)15(14(8-29)33-21)26-20(32)13(22)7-11-3-5-12(30)6-4-11/h3-6,9-10,13-15,17,21,29-31H,7-8,22H2,1-2H3,(H,26,32)/t13?,14-,15-,17-,21-/m0/s1. The number of nitrogens with zero attached hydrogens (tertiary/aromatic N) is 5. The van der Waals surface area contributed by atoms with Gasteiger partial charge in [-0.05, 0) is 24.1 Å². The van der Waals surface area contributed by atoms with Crippen molar-refractivity contribution in [2.24, 2.45) is 5.73 Å². The third-order valence-electron chi connectivity index (χ3n) is 5.63. The van der Waals surface area contributed by atoms with Gasteiger partial charge in [-0.1, -0.05) is 12.1 Å². The molecule has 12 heteroatoms. The summed E-state index contributed by atoms with van der Waals surface area (Å²) in [7, 11) is 3.66. The van der Waals surface area contributed by atoms with Crippen molar-refractivity contribution in [1.82, 2.24) is 24.8 Å². The molecule has 12 nitrogen and oxygen atoms in total. The van der Waals surface area contributed by atoms with Crippen LogP contribution in [-0.2, 0) is 16.0 Å². The Labute approximate surface area is 189 Å².